The molecule has 1 aliphatic heterocycles. The molecule has 0 amide bonds. The van der Waals surface area contributed by atoms with E-state index in [-0.39, 0.29) is 17.1 Å². The fraction of sp³-hybridized carbons (Fsp3) is 1.00. The first-order chi connectivity index (χ1) is 7.13. The molecular weight excluding hydrogens is 219 g/mol. The van der Waals surface area contributed by atoms with Crippen LogP contribution < -0.4 is 0 Å². The molecule has 3 nitrogen and oxygen atoms in total. The van der Waals surface area contributed by atoms with Gasteiger partial charge in [0.1, 0.15) is 14.0 Å². The maximum absolute atomic E-state index is 9.69. The van der Waals surface area contributed by atoms with Gasteiger partial charge in [0.15, 0.2) is 8.32 Å². The third-order valence-electron chi connectivity index (χ3n) is 3.67. The summed E-state index contributed by atoms with van der Waals surface area (Å²) in [6.07, 6.45) is -0.241. The minimum Gasteiger partial charge on any atom is -0.414 e. The molecule has 1 fully saturated rings. The van der Waals surface area contributed by atoms with Gasteiger partial charge < -0.3 is 14.3 Å². The van der Waals surface area contributed by atoms with E-state index >= 15 is 0 Å². The van der Waals surface area contributed by atoms with Crippen LogP contribution >= 0.6 is 0 Å². The van der Waals surface area contributed by atoms with E-state index in [0.717, 1.165) is 0 Å². The van der Waals surface area contributed by atoms with E-state index in [1.165, 1.54) is 0 Å². The van der Waals surface area contributed by atoms with Crippen molar-refractivity contribution in [1.29, 1.82) is 0 Å². The third kappa shape index (κ3) is 3.33. The zero-order chi connectivity index (χ0) is 12.6. The molecule has 0 aliphatic carbocycles. The van der Waals surface area contributed by atoms with E-state index in [9.17, 15) is 5.11 Å². The van der Waals surface area contributed by atoms with Gasteiger partial charge in [-0.25, -0.2) is 0 Å². The smallest absolute Gasteiger partial charge is 0.192 e. The summed E-state index contributed by atoms with van der Waals surface area (Å²) in [4.78, 5) is 0. The van der Waals surface area contributed by atoms with E-state index in [1.54, 1.807) is 0 Å². The summed E-state index contributed by atoms with van der Waals surface area (Å²) < 4.78 is 11.4. The molecule has 0 unspecified atom stereocenters. The van der Waals surface area contributed by atoms with E-state index in [1.807, 2.05) is 0 Å². The molecular formula is C11H23BO3Si. The lowest BCUT2D eigenvalue weighted by molar-refractivity contribution is -0.000757. The minimum atomic E-state index is -1.76. The summed E-state index contributed by atoms with van der Waals surface area (Å²) in [5.41, 5.74) is 0. The quantitative estimate of drug-likeness (QED) is 0.765. The highest BCUT2D eigenvalue weighted by atomic mass is 28.4. The summed E-state index contributed by atoms with van der Waals surface area (Å²) >= 11 is 0. The average molecular weight is 242 g/mol. The summed E-state index contributed by atoms with van der Waals surface area (Å²) in [7, 11) is 3.86. The van der Waals surface area contributed by atoms with E-state index < -0.39 is 14.4 Å². The Balaban J connectivity index is 2.46. The van der Waals surface area contributed by atoms with Gasteiger partial charge >= 0.3 is 0 Å². The normalized spacial score (nSPS) is 32.0. The van der Waals surface area contributed by atoms with Crippen LogP contribution in [0.15, 0.2) is 0 Å². The Kier molecular flexibility index (Phi) is 4.27. The van der Waals surface area contributed by atoms with Gasteiger partial charge in [-0.15, -0.1) is 0 Å². The molecule has 0 aromatic heterocycles. The molecule has 3 atom stereocenters. The second kappa shape index (κ2) is 4.80. The van der Waals surface area contributed by atoms with Gasteiger partial charge in [0.25, 0.3) is 0 Å². The maximum atomic E-state index is 9.69. The average Bonchev–Trinajstić information content (AvgIpc) is 2.39. The topological polar surface area (TPSA) is 38.7 Å². The Labute approximate surface area is 101 Å². The fourth-order valence-electron chi connectivity index (χ4n) is 1.42. The molecule has 1 saturated heterocycles. The van der Waals surface area contributed by atoms with Crippen molar-refractivity contribution in [3.05, 3.63) is 0 Å². The Morgan fingerprint density at radius 1 is 1.44 bits per heavy atom. The van der Waals surface area contributed by atoms with Crippen molar-refractivity contribution in [2.24, 2.45) is 0 Å². The number of rotatable bonds is 3. The van der Waals surface area contributed by atoms with Gasteiger partial charge in [-0.3, -0.25) is 0 Å². The van der Waals surface area contributed by atoms with Gasteiger partial charge in [0.2, 0.25) is 0 Å². The monoisotopic (exact) mass is 242 g/mol. The van der Waals surface area contributed by atoms with Crippen LogP contribution in [0.1, 0.15) is 27.2 Å². The van der Waals surface area contributed by atoms with Gasteiger partial charge in [-0.2, -0.15) is 0 Å². The lowest BCUT2D eigenvalue weighted by Crippen LogP contribution is -2.43. The van der Waals surface area contributed by atoms with E-state index in [4.69, 9.17) is 17.0 Å². The highest BCUT2D eigenvalue weighted by molar-refractivity contribution is 6.74. The minimum absolute atomic E-state index is 0.179. The van der Waals surface area contributed by atoms with Crippen molar-refractivity contribution in [1.82, 2.24) is 0 Å². The van der Waals surface area contributed by atoms with Crippen molar-refractivity contribution in [2.45, 2.75) is 63.5 Å². The molecule has 5 heteroatoms. The van der Waals surface area contributed by atoms with Crippen LogP contribution in [0.2, 0.25) is 18.1 Å². The van der Waals surface area contributed by atoms with Crippen molar-refractivity contribution in [2.75, 3.05) is 6.61 Å². The first kappa shape index (κ1) is 14.2. The highest BCUT2D eigenvalue weighted by Gasteiger charge is 2.39. The molecule has 0 spiro atoms. The molecule has 1 rings (SSSR count). The van der Waals surface area contributed by atoms with E-state index in [0.29, 0.717) is 13.0 Å². The first-order valence-corrected chi connectivity index (χ1v) is 8.77. The predicted molar refractivity (Wildman–Crippen MR) is 68.2 cm³/mol. The molecule has 16 heavy (non-hydrogen) atoms. The van der Waals surface area contributed by atoms with Gasteiger partial charge in [-0.05, 0) is 24.6 Å². The molecule has 0 saturated carbocycles. The van der Waals surface area contributed by atoms with Crippen molar-refractivity contribution in [3.63, 3.8) is 0 Å². The lowest BCUT2D eigenvalue weighted by Gasteiger charge is -2.37. The second-order valence-corrected chi connectivity index (χ2v) is 10.9. The number of hydrogen-bond donors (Lipinski definition) is 1. The Morgan fingerprint density at radius 3 is 2.38 bits per heavy atom. The van der Waals surface area contributed by atoms with Crippen LogP contribution in [-0.2, 0) is 9.16 Å². The highest BCUT2D eigenvalue weighted by Crippen LogP contribution is 2.37. The SMILES string of the molecule is [B][C@H]1C[C@@H](O)[C@@H](CO[Si](C)(C)C(C)(C)C)O1. The maximum Gasteiger partial charge on any atom is 0.192 e. The zero-order valence-electron chi connectivity index (χ0n) is 11.0. The molecule has 1 N–H and O–H groups in total. The van der Waals surface area contributed by atoms with Crippen LogP contribution in [0.25, 0.3) is 0 Å². The Morgan fingerprint density at radius 2 is 2.00 bits per heavy atom. The van der Waals surface area contributed by atoms with Gasteiger partial charge in [0, 0.05) is 6.00 Å². The second-order valence-electron chi connectivity index (χ2n) is 6.09. The van der Waals surface area contributed by atoms with Crippen LogP contribution in [0.4, 0.5) is 0 Å². The Hall–Kier alpha value is 0.162. The molecule has 2 radical (unpaired) electrons. The van der Waals surface area contributed by atoms with Gasteiger partial charge in [0.05, 0.1) is 12.7 Å². The van der Waals surface area contributed by atoms with Crippen molar-refractivity contribution < 1.29 is 14.3 Å². The number of aliphatic hydroxyl groups is 1. The van der Waals surface area contributed by atoms with Crippen LogP contribution in [0, 0.1) is 0 Å². The predicted octanol–water partition coefficient (Wildman–Crippen LogP) is 1.65. The van der Waals surface area contributed by atoms with E-state index in [2.05, 4.69) is 33.9 Å². The number of aliphatic hydroxyl groups excluding tert-OH is 1. The zero-order valence-corrected chi connectivity index (χ0v) is 12.0. The van der Waals surface area contributed by atoms with Crippen LogP contribution in [-0.4, -0.2) is 46.1 Å². The van der Waals surface area contributed by atoms with Crippen LogP contribution in [0.3, 0.4) is 0 Å². The fourth-order valence-corrected chi connectivity index (χ4v) is 2.43. The largest absolute Gasteiger partial charge is 0.414 e. The number of ether oxygens (including phenoxy) is 1. The standard InChI is InChI=1S/C11H23BO3Si/c1-11(2,3)16(4,5)14-7-9-8(13)6-10(12)15-9/h8-10,13H,6-7H2,1-5H3/t8-,9-,10-/m1/s1. The summed E-state index contributed by atoms with van der Waals surface area (Å²) in [6, 6.07) is -0.344. The van der Waals surface area contributed by atoms with Gasteiger partial charge in [-0.1, -0.05) is 20.8 Å². The first-order valence-electron chi connectivity index (χ1n) is 5.86. The Bertz CT molecular complexity index is 240. The van der Waals surface area contributed by atoms with Crippen LogP contribution in [0.5, 0.6) is 0 Å². The molecule has 1 aliphatic rings. The molecule has 0 aromatic carbocycles. The summed E-state index contributed by atoms with van der Waals surface area (Å²) in [5, 5.41) is 9.87. The van der Waals surface area contributed by atoms with Crippen molar-refractivity contribution in [3.8, 4) is 0 Å². The third-order valence-corrected chi connectivity index (χ3v) is 8.17. The van der Waals surface area contributed by atoms with Crippen molar-refractivity contribution >= 4 is 16.2 Å². The molecule has 0 bridgehead atoms. The number of hydrogen-bond acceptors (Lipinski definition) is 3. The molecule has 1 heterocycles. The summed E-state index contributed by atoms with van der Waals surface area (Å²) in [6.45, 7) is 11.4. The summed E-state index contributed by atoms with van der Waals surface area (Å²) in [5.74, 6) is 0. The molecule has 0 aromatic rings. The molecule has 92 valence electrons. The lowest BCUT2D eigenvalue weighted by atomic mass is 9.96.